The van der Waals surface area contributed by atoms with Crippen LogP contribution in [0.5, 0.6) is 0 Å². The minimum Gasteiger partial charge on any atom is -0.368 e. The van der Waals surface area contributed by atoms with Crippen molar-refractivity contribution in [3.8, 4) is 22.4 Å². The largest absolute Gasteiger partial charge is 0.368 e. The first-order valence-electron chi connectivity index (χ1n) is 15.0. The maximum atomic E-state index is 13.3. The second-order valence-electron chi connectivity index (χ2n) is 11.2. The highest BCUT2D eigenvalue weighted by atomic mass is 16.5. The number of nitrogens with one attached hydrogen (secondary N) is 1. The van der Waals surface area contributed by atoms with Gasteiger partial charge in [-0.25, -0.2) is 4.79 Å². The Kier molecular flexibility index (Phi) is 9.57. The van der Waals surface area contributed by atoms with Crippen LogP contribution in [0.2, 0.25) is 0 Å². The molecule has 1 fully saturated rings. The van der Waals surface area contributed by atoms with Gasteiger partial charge in [-0.3, -0.25) is 9.69 Å². The highest BCUT2D eigenvalue weighted by molar-refractivity contribution is 6.04. The zero-order valence-electron chi connectivity index (χ0n) is 25.4. The van der Waals surface area contributed by atoms with Gasteiger partial charge in [-0.2, -0.15) is 0 Å². The maximum absolute atomic E-state index is 13.3. The number of piperidine rings is 1. The van der Waals surface area contributed by atoms with E-state index >= 15 is 0 Å². The summed E-state index contributed by atoms with van der Waals surface area (Å²) in [5, 5.41) is 7.13. The molecule has 0 aliphatic carbocycles. The van der Waals surface area contributed by atoms with E-state index < -0.39 is 6.10 Å². The Hall–Kier alpha value is -4.43. The molecule has 0 saturated carbocycles. The number of amides is 3. The van der Waals surface area contributed by atoms with Gasteiger partial charge in [0.25, 0.3) is 5.91 Å². The van der Waals surface area contributed by atoms with E-state index in [1.807, 2.05) is 66.4 Å². The molecule has 43 heavy (non-hydrogen) atoms. The minimum atomic E-state index is -0.476. The van der Waals surface area contributed by atoms with Crippen LogP contribution in [-0.4, -0.2) is 54.8 Å². The Bertz CT molecular complexity index is 1530. The van der Waals surface area contributed by atoms with E-state index in [1.165, 1.54) is 0 Å². The second kappa shape index (κ2) is 13.7. The smallest absolute Gasteiger partial charge is 0.326 e. The summed E-state index contributed by atoms with van der Waals surface area (Å²) in [4.78, 5) is 30.0. The fraction of sp³-hybridized carbons (Fsp3) is 0.343. The molecule has 1 atom stereocenters. The Labute approximate surface area is 253 Å². The fourth-order valence-electron chi connectivity index (χ4n) is 5.41. The molecule has 3 aromatic carbocycles. The summed E-state index contributed by atoms with van der Waals surface area (Å²) >= 11 is 0. The number of nitrogens with zero attached hydrogens (tertiary/aromatic N) is 3. The molecule has 3 amide bonds. The molecule has 1 unspecified atom stereocenters. The second-order valence-corrected chi connectivity index (χ2v) is 11.2. The Morgan fingerprint density at radius 2 is 1.70 bits per heavy atom. The number of benzene rings is 3. The first-order chi connectivity index (χ1) is 20.8. The summed E-state index contributed by atoms with van der Waals surface area (Å²) < 4.78 is 11.3. The van der Waals surface area contributed by atoms with Gasteiger partial charge in [0.15, 0.2) is 5.76 Å². The summed E-state index contributed by atoms with van der Waals surface area (Å²) in [6.45, 7) is 8.06. The topological polar surface area (TPSA) is 87.9 Å². The van der Waals surface area contributed by atoms with Crippen LogP contribution in [0, 0.1) is 12.8 Å². The van der Waals surface area contributed by atoms with Crippen molar-refractivity contribution in [1.82, 2.24) is 10.1 Å². The third kappa shape index (κ3) is 7.14. The average molecular weight is 581 g/mol. The number of carbonyl (C=O) groups excluding carboxylic acids is 2. The van der Waals surface area contributed by atoms with Gasteiger partial charge in [-0.15, -0.1) is 0 Å². The Balaban J connectivity index is 1.26. The molecule has 8 nitrogen and oxygen atoms in total. The van der Waals surface area contributed by atoms with E-state index in [1.54, 1.807) is 18.9 Å². The van der Waals surface area contributed by atoms with Crippen LogP contribution in [0.4, 0.5) is 16.2 Å². The lowest BCUT2D eigenvalue weighted by molar-refractivity contribution is -0.144. The van der Waals surface area contributed by atoms with E-state index in [0.29, 0.717) is 36.1 Å². The van der Waals surface area contributed by atoms with Gasteiger partial charge in [-0.1, -0.05) is 78.8 Å². The summed E-state index contributed by atoms with van der Waals surface area (Å²) in [6, 6.07) is 25.4. The Morgan fingerprint density at radius 1 is 1.00 bits per heavy atom. The highest BCUT2D eigenvalue weighted by Gasteiger charge is 2.28. The lowest BCUT2D eigenvalue weighted by Gasteiger charge is -2.33. The van der Waals surface area contributed by atoms with Crippen LogP contribution >= 0.6 is 0 Å². The molecule has 4 aromatic rings. The van der Waals surface area contributed by atoms with Crippen molar-refractivity contribution >= 4 is 23.3 Å². The van der Waals surface area contributed by atoms with Crippen molar-refractivity contribution < 1.29 is 18.8 Å². The standard InChI is InChI=1S/C35H40N4O4/c1-5-42-31(34(40)39-20-18-24(2)19-21-39)22-26-14-16-27(17-15-26)29-12-9-13-30(23-29)38(4)35(41)36-32-25(3)43-37-33(32)28-10-7-6-8-11-28/h6-17,23-24,31H,5,18-22H2,1-4H3,(H,36,41). The van der Waals surface area contributed by atoms with Crippen molar-refractivity contribution in [3.63, 3.8) is 0 Å². The number of hydrogen-bond acceptors (Lipinski definition) is 5. The van der Waals surface area contributed by atoms with Crippen molar-refractivity contribution in [2.24, 2.45) is 5.92 Å². The highest BCUT2D eigenvalue weighted by Crippen LogP contribution is 2.31. The van der Waals surface area contributed by atoms with E-state index in [4.69, 9.17) is 9.26 Å². The number of hydrogen-bond donors (Lipinski definition) is 1. The van der Waals surface area contributed by atoms with Gasteiger partial charge in [-0.05, 0) is 61.4 Å². The third-order valence-corrected chi connectivity index (χ3v) is 8.13. The predicted octanol–water partition coefficient (Wildman–Crippen LogP) is 7.19. The van der Waals surface area contributed by atoms with Crippen LogP contribution in [0.3, 0.4) is 0 Å². The quantitative estimate of drug-likeness (QED) is 0.226. The van der Waals surface area contributed by atoms with Gasteiger partial charge in [0.05, 0.1) is 0 Å². The molecule has 0 radical (unpaired) electrons. The molecular formula is C35H40N4O4. The van der Waals surface area contributed by atoms with Crippen molar-refractivity contribution in [3.05, 3.63) is 90.2 Å². The first kappa shape index (κ1) is 30.0. The minimum absolute atomic E-state index is 0.0872. The number of ether oxygens (including phenoxy) is 1. The van der Waals surface area contributed by atoms with E-state index in [0.717, 1.165) is 53.9 Å². The van der Waals surface area contributed by atoms with Gasteiger partial charge >= 0.3 is 6.03 Å². The third-order valence-electron chi connectivity index (χ3n) is 8.13. The molecule has 224 valence electrons. The maximum Gasteiger partial charge on any atom is 0.326 e. The summed E-state index contributed by atoms with van der Waals surface area (Å²) in [7, 11) is 1.73. The number of likely N-dealkylation sites (tertiary alicyclic amines) is 1. The molecule has 1 aromatic heterocycles. The molecule has 2 heterocycles. The number of aromatic nitrogens is 1. The SMILES string of the molecule is CCOC(Cc1ccc(-c2cccc(N(C)C(=O)Nc3c(-c4ccccc4)noc3C)c2)cc1)C(=O)N1CCC(C)CC1. The number of carbonyl (C=O) groups is 2. The van der Waals surface area contributed by atoms with Crippen LogP contribution in [0.1, 0.15) is 38.0 Å². The zero-order chi connectivity index (χ0) is 30.3. The lowest BCUT2D eigenvalue weighted by atomic mass is 9.97. The molecule has 1 aliphatic heterocycles. The van der Waals surface area contributed by atoms with Crippen LogP contribution in [0.15, 0.2) is 83.4 Å². The molecule has 1 N–H and O–H groups in total. The van der Waals surface area contributed by atoms with Crippen molar-refractivity contribution in [1.29, 1.82) is 0 Å². The molecule has 0 spiro atoms. The molecule has 5 rings (SSSR count). The molecule has 1 aliphatic rings. The number of urea groups is 1. The predicted molar refractivity (Wildman–Crippen MR) is 170 cm³/mol. The Morgan fingerprint density at radius 3 is 2.40 bits per heavy atom. The van der Waals surface area contributed by atoms with Crippen molar-refractivity contribution in [2.75, 3.05) is 37.0 Å². The average Bonchev–Trinajstić information content (AvgIpc) is 3.40. The first-order valence-corrected chi connectivity index (χ1v) is 15.0. The zero-order valence-corrected chi connectivity index (χ0v) is 25.4. The molecular weight excluding hydrogens is 540 g/mol. The number of anilines is 2. The molecule has 8 heteroatoms. The summed E-state index contributed by atoms with van der Waals surface area (Å²) in [5.74, 6) is 1.29. The lowest BCUT2D eigenvalue weighted by Crippen LogP contribution is -2.45. The van der Waals surface area contributed by atoms with Crippen molar-refractivity contribution in [2.45, 2.75) is 46.1 Å². The van der Waals surface area contributed by atoms with Crippen LogP contribution < -0.4 is 10.2 Å². The van der Waals surface area contributed by atoms with Gasteiger partial charge < -0.3 is 19.5 Å². The van der Waals surface area contributed by atoms with E-state index in [-0.39, 0.29) is 11.9 Å². The number of aryl methyl sites for hydroxylation is 1. The normalized spacial score (nSPS) is 14.4. The summed E-state index contributed by atoms with van der Waals surface area (Å²) in [6.07, 6.45) is 2.15. The number of rotatable bonds is 9. The molecule has 0 bridgehead atoms. The van der Waals surface area contributed by atoms with Gasteiger partial charge in [0.2, 0.25) is 0 Å². The van der Waals surface area contributed by atoms with Crippen LogP contribution in [-0.2, 0) is 16.0 Å². The van der Waals surface area contributed by atoms with E-state index in [9.17, 15) is 9.59 Å². The van der Waals surface area contributed by atoms with Gasteiger partial charge in [0.1, 0.15) is 17.5 Å². The summed E-state index contributed by atoms with van der Waals surface area (Å²) in [5.41, 5.74) is 5.79. The van der Waals surface area contributed by atoms with Gasteiger partial charge in [0, 0.05) is 44.4 Å². The fourth-order valence-corrected chi connectivity index (χ4v) is 5.41. The van der Waals surface area contributed by atoms with E-state index in [2.05, 4.69) is 41.7 Å². The molecule has 1 saturated heterocycles. The van der Waals surface area contributed by atoms with Crippen LogP contribution in [0.25, 0.3) is 22.4 Å². The monoisotopic (exact) mass is 580 g/mol.